The number of fused-ring (bicyclic) bond motifs is 1. The zero-order chi connectivity index (χ0) is 14.8. The molecule has 3 nitrogen and oxygen atoms in total. The van der Waals surface area contributed by atoms with E-state index >= 15 is 0 Å². The quantitative estimate of drug-likeness (QED) is 0.796. The van der Waals surface area contributed by atoms with Gasteiger partial charge in [0.25, 0.3) is 0 Å². The van der Waals surface area contributed by atoms with Gasteiger partial charge >= 0.3 is 0 Å². The number of nitrogens with zero attached hydrogens (tertiary/aromatic N) is 1. The van der Waals surface area contributed by atoms with Crippen LogP contribution < -0.4 is 0 Å². The number of ketones is 1. The molecule has 2 aliphatic carbocycles. The Kier molecular flexibility index (Phi) is 2.74. The van der Waals surface area contributed by atoms with Crippen molar-refractivity contribution in [2.75, 3.05) is 13.6 Å². The molecule has 112 valence electrons. The minimum absolute atomic E-state index is 0.0207. The smallest absolute Gasteiger partial charge is 0.136 e. The topological polar surface area (TPSA) is 40.5 Å². The highest BCUT2D eigenvalue weighted by Gasteiger charge is 2.56. The van der Waals surface area contributed by atoms with Crippen molar-refractivity contribution in [3.05, 3.63) is 29.3 Å². The van der Waals surface area contributed by atoms with E-state index in [0.29, 0.717) is 29.9 Å². The van der Waals surface area contributed by atoms with Crippen LogP contribution in [0.4, 0.5) is 0 Å². The zero-order valence-corrected chi connectivity index (χ0v) is 12.8. The van der Waals surface area contributed by atoms with Gasteiger partial charge in [0.2, 0.25) is 0 Å². The van der Waals surface area contributed by atoms with Crippen LogP contribution in [0.2, 0.25) is 0 Å². The first-order valence-electron chi connectivity index (χ1n) is 8.06. The molecular formula is C18H23NO2. The lowest BCUT2D eigenvalue weighted by Crippen LogP contribution is -2.61. The third kappa shape index (κ3) is 1.73. The molecule has 1 heterocycles. The van der Waals surface area contributed by atoms with E-state index in [1.54, 1.807) is 6.07 Å². The Morgan fingerprint density at radius 1 is 1.38 bits per heavy atom. The molecule has 1 aromatic carbocycles. The van der Waals surface area contributed by atoms with Gasteiger partial charge in [-0.1, -0.05) is 13.0 Å². The van der Waals surface area contributed by atoms with Gasteiger partial charge in [-0.2, -0.15) is 0 Å². The van der Waals surface area contributed by atoms with E-state index in [0.717, 1.165) is 25.8 Å². The minimum Gasteiger partial charge on any atom is -0.508 e. The summed E-state index contributed by atoms with van der Waals surface area (Å²) in [6.07, 6.45) is 3.77. The summed E-state index contributed by atoms with van der Waals surface area (Å²) in [5.74, 6) is 1.49. The number of piperidine rings is 1. The summed E-state index contributed by atoms with van der Waals surface area (Å²) in [4.78, 5) is 14.9. The van der Waals surface area contributed by atoms with Crippen LogP contribution in [0, 0.1) is 11.8 Å². The second kappa shape index (κ2) is 4.33. The van der Waals surface area contributed by atoms with Crippen LogP contribution in [0.1, 0.15) is 37.3 Å². The molecular weight excluding hydrogens is 262 g/mol. The Morgan fingerprint density at radius 3 is 3.00 bits per heavy atom. The Bertz CT molecular complexity index is 611. The fraction of sp³-hybridized carbons (Fsp3) is 0.611. The molecule has 1 aliphatic heterocycles. The molecule has 1 saturated heterocycles. The minimum atomic E-state index is -0.0207. The molecule has 1 N–H and O–H groups in total. The summed E-state index contributed by atoms with van der Waals surface area (Å²) in [5, 5.41) is 9.95. The number of likely N-dealkylation sites (N-methyl/N-ethyl adjacent to an activating group) is 1. The average Bonchev–Trinajstić information content (AvgIpc) is 2.45. The van der Waals surface area contributed by atoms with Crippen molar-refractivity contribution in [2.45, 2.75) is 44.1 Å². The van der Waals surface area contributed by atoms with Crippen LogP contribution in [0.15, 0.2) is 18.2 Å². The zero-order valence-electron chi connectivity index (χ0n) is 12.8. The molecule has 2 bridgehead atoms. The molecule has 2 fully saturated rings. The van der Waals surface area contributed by atoms with E-state index in [2.05, 4.69) is 24.9 Å². The molecule has 0 unspecified atom stereocenters. The highest BCUT2D eigenvalue weighted by molar-refractivity contribution is 5.83. The fourth-order valence-electron chi connectivity index (χ4n) is 5.16. The van der Waals surface area contributed by atoms with E-state index in [-0.39, 0.29) is 11.3 Å². The first-order chi connectivity index (χ1) is 10.0. The number of phenols is 1. The number of hydrogen-bond acceptors (Lipinski definition) is 3. The van der Waals surface area contributed by atoms with Crippen molar-refractivity contribution in [1.82, 2.24) is 4.90 Å². The van der Waals surface area contributed by atoms with Crippen molar-refractivity contribution < 1.29 is 9.90 Å². The van der Waals surface area contributed by atoms with Crippen molar-refractivity contribution in [2.24, 2.45) is 11.8 Å². The van der Waals surface area contributed by atoms with E-state index in [9.17, 15) is 9.90 Å². The van der Waals surface area contributed by atoms with E-state index in [1.165, 1.54) is 11.1 Å². The summed E-state index contributed by atoms with van der Waals surface area (Å²) in [7, 11) is 2.22. The first-order valence-corrected chi connectivity index (χ1v) is 8.06. The van der Waals surface area contributed by atoms with Gasteiger partial charge in [-0.05, 0) is 62.0 Å². The third-order valence-electron chi connectivity index (χ3n) is 6.36. The van der Waals surface area contributed by atoms with Crippen molar-refractivity contribution in [3.63, 3.8) is 0 Å². The number of hydrogen-bond donors (Lipinski definition) is 1. The highest BCUT2D eigenvalue weighted by Crippen LogP contribution is 2.56. The number of carbonyl (C=O) groups excluding carboxylic acids is 1. The molecule has 0 amide bonds. The average molecular weight is 285 g/mol. The monoisotopic (exact) mass is 285 g/mol. The number of likely N-dealkylation sites (tertiary alicyclic amines) is 1. The molecule has 4 atom stereocenters. The van der Waals surface area contributed by atoms with Gasteiger partial charge in [0.05, 0.1) is 0 Å². The van der Waals surface area contributed by atoms with E-state index in [4.69, 9.17) is 0 Å². The largest absolute Gasteiger partial charge is 0.508 e. The van der Waals surface area contributed by atoms with Crippen LogP contribution in [-0.2, 0) is 16.6 Å². The predicted octanol–water partition coefficient (Wildman–Crippen LogP) is 2.51. The van der Waals surface area contributed by atoms with Crippen LogP contribution in [-0.4, -0.2) is 35.4 Å². The maximum Gasteiger partial charge on any atom is 0.136 e. The van der Waals surface area contributed by atoms with Crippen molar-refractivity contribution in [1.29, 1.82) is 0 Å². The highest BCUT2D eigenvalue weighted by atomic mass is 16.3. The van der Waals surface area contributed by atoms with Crippen molar-refractivity contribution >= 4 is 5.78 Å². The van der Waals surface area contributed by atoms with Gasteiger partial charge in [0.1, 0.15) is 11.5 Å². The lowest BCUT2D eigenvalue weighted by Gasteiger charge is -2.58. The number of aromatic hydroxyl groups is 1. The maximum atomic E-state index is 12.4. The van der Waals surface area contributed by atoms with Gasteiger partial charge in [-0.3, -0.25) is 4.79 Å². The number of rotatable bonds is 0. The lowest BCUT2D eigenvalue weighted by atomic mass is 9.51. The van der Waals surface area contributed by atoms with Gasteiger partial charge in [-0.15, -0.1) is 0 Å². The molecule has 3 aliphatic rings. The van der Waals surface area contributed by atoms with Gasteiger partial charge in [-0.25, -0.2) is 0 Å². The van der Waals surface area contributed by atoms with Crippen LogP contribution in [0.3, 0.4) is 0 Å². The maximum absolute atomic E-state index is 12.4. The summed E-state index contributed by atoms with van der Waals surface area (Å²) in [5.41, 5.74) is 2.58. The second-order valence-corrected chi connectivity index (χ2v) is 7.39. The Labute approximate surface area is 126 Å². The number of phenolic OH excluding ortho intramolecular Hbond substituents is 1. The first kappa shape index (κ1) is 13.3. The predicted molar refractivity (Wildman–Crippen MR) is 81.4 cm³/mol. The standard InChI is InChI=1S/C18H23NO2/c1-11-7-15-16-8-12-3-4-13(20)9-14(12)18(15,10-17(11)21)5-6-19(16)2/h3-4,9,11,15-16,20H,5-8,10H2,1-2H3/t11-,15+,16-,18-/m1/s1. The molecule has 21 heavy (non-hydrogen) atoms. The number of benzene rings is 1. The molecule has 1 aromatic rings. The molecule has 1 saturated carbocycles. The normalized spacial score (nSPS) is 38.8. The summed E-state index contributed by atoms with van der Waals surface area (Å²) in [6.45, 7) is 3.14. The van der Waals surface area contributed by atoms with Crippen LogP contribution in [0.25, 0.3) is 0 Å². The van der Waals surface area contributed by atoms with Gasteiger partial charge in [0.15, 0.2) is 0 Å². The van der Waals surface area contributed by atoms with Crippen LogP contribution >= 0.6 is 0 Å². The summed E-state index contributed by atoms with van der Waals surface area (Å²) >= 11 is 0. The summed E-state index contributed by atoms with van der Waals surface area (Å²) < 4.78 is 0. The summed E-state index contributed by atoms with van der Waals surface area (Å²) in [6, 6.07) is 6.34. The lowest BCUT2D eigenvalue weighted by molar-refractivity contribution is -0.132. The SMILES string of the molecule is C[C@@H]1C[C@H]2[C@H]3Cc4ccc(O)cc4[C@@]2(CCN3C)CC1=O. The van der Waals surface area contributed by atoms with E-state index < -0.39 is 0 Å². The van der Waals surface area contributed by atoms with E-state index in [1.807, 2.05) is 6.07 Å². The number of carbonyl (C=O) groups is 1. The molecule has 4 rings (SSSR count). The fourth-order valence-corrected chi connectivity index (χ4v) is 5.16. The van der Waals surface area contributed by atoms with Gasteiger partial charge in [0, 0.05) is 23.8 Å². The van der Waals surface area contributed by atoms with Crippen LogP contribution in [0.5, 0.6) is 5.75 Å². The van der Waals surface area contributed by atoms with Crippen molar-refractivity contribution in [3.8, 4) is 5.75 Å². The Hall–Kier alpha value is -1.35. The third-order valence-corrected chi connectivity index (χ3v) is 6.36. The molecule has 0 spiro atoms. The molecule has 0 aromatic heterocycles. The molecule has 0 radical (unpaired) electrons. The number of Topliss-reactive ketones (excluding diaryl/α,β-unsaturated/α-hetero) is 1. The Morgan fingerprint density at radius 2 is 2.19 bits per heavy atom. The van der Waals surface area contributed by atoms with Gasteiger partial charge < -0.3 is 10.0 Å². The second-order valence-electron chi connectivity index (χ2n) is 7.39. The molecule has 3 heteroatoms. The Balaban J connectivity index is 1.91.